The Morgan fingerprint density at radius 1 is 1.18 bits per heavy atom. The molecule has 2 rings (SSSR count). The van der Waals surface area contributed by atoms with Crippen LogP contribution in [0.2, 0.25) is 0 Å². The highest BCUT2D eigenvalue weighted by Crippen LogP contribution is 2.36. The number of amides is 2. The molecule has 0 saturated heterocycles. The predicted molar refractivity (Wildman–Crippen MR) is 111 cm³/mol. The standard InChI is InChI=1S/C20H29BrN2O5/c1-19(2,3)27-17(25)23(15-11-14(21)12-22(6)16(15)24)18(26)28-20(4,5)10-9-13-7-8-13/h11-13H,7-10H2,1-6H3. The Hall–Kier alpha value is -1.83. The highest BCUT2D eigenvalue weighted by molar-refractivity contribution is 9.10. The van der Waals surface area contributed by atoms with Crippen LogP contribution in [0.25, 0.3) is 0 Å². The second kappa shape index (κ2) is 8.27. The first-order valence-corrected chi connectivity index (χ1v) is 10.2. The van der Waals surface area contributed by atoms with E-state index in [2.05, 4.69) is 15.9 Å². The van der Waals surface area contributed by atoms with Crippen molar-refractivity contribution >= 4 is 33.8 Å². The number of hydrogen-bond donors (Lipinski definition) is 0. The van der Waals surface area contributed by atoms with Crippen molar-refractivity contribution in [3.8, 4) is 0 Å². The highest BCUT2D eigenvalue weighted by atomic mass is 79.9. The molecule has 0 unspecified atom stereocenters. The van der Waals surface area contributed by atoms with Gasteiger partial charge in [-0.1, -0.05) is 12.8 Å². The molecule has 7 nitrogen and oxygen atoms in total. The summed E-state index contributed by atoms with van der Waals surface area (Å²) in [5.41, 5.74) is -2.25. The van der Waals surface area contributed by atoms with Gasteiger partial charge in [0.25, 0.3) is 5.56 Å². The lowest BCUT2D eigenvalue weighted by atomic mass is 10.0. The smallest absolute Gasteiger partial charge is 0.424 e. The Morgan fingerprint density at radius 3 is 2.29 bits per heavy atom. The summed E-state index contributed by atoms with van der Waals surface area (Å²) in [4.78, 5) is 39.0. The normalized spacial score (nSPS) is 14.5. The van der Waals surface area contributed by atoms with E-state index in [-0.39, 0.29) is 5.69 Å². The van der Waals surface area contributed by atoms with Crippen LogP contribution >= 0.6 is 15.9 Å². The fraction of sp³-hybridized carbons (Fsp3) is 0.650. The Bertz CT molecular complexity index is 806. The average molecular weight is 457 g/mol. The topological polar surface area (TPSA) is 77.8 Å². The lowest BCUT2D eigenvalue weighted by Crippen LogP contribution is -2.46. The molecule has 0 spiro atoms. The number of rotatable bonds is 5. The number of anilines is 1. The zero-order valence-electron chi connectivity index (χ0n) is 17.4. The van der Waals surface area contributed by atoms with Crippen LogP contribution in [-0.4, -0.2) is 28.0 Å². The third-order valence-corrected chi connectivity index (χ3v) is 4.78. The third kappa shape index (κ3) is 6.36. The van der Waals surface area contributed by atoms with Gasteiger partial charge < -0.3 is 14.0 Å². The third-order valence-electron chi connectivity index (χ3n) is 4.35. The van der Waals surface area contributed by atoms with E-state index in [4.69, 9.17) is 9.47 Å². The Labute approximate surface area is 174 Å². The minimum absolute atomic E-state index is 0.130. The van der Waals surface area contributed by atoms with E-state index in [0.29, 0.717) is 21.7 Å². The summed E-state index contributed by atoms with van der Waals surface area (Å²) in [6.45, 7) is 8.67. The van der Waals surface area contributed by atoms with Crippen molar-refractivity contribution in [1.82, 2.24) is 4.57 Å². The van der Waals surface area contributed by atoms with Crippen molar-refractivity contribution in [3.63, 3.8) is 0 Å². The van der Waals surface area contributed by atoms with E-state index >= 15 is 0 Å². The Balaban J connectivity index is 2.33. The Morgan fingerprint density at radius 2 is 1.75 bits per heavy atom. The first-order valence-electron chi connectivity index (χ1n) is 9.41. The molecular weight excluding hydrogens is 428 g/mol. The van der Waals surface area contributed by atoms with Crippen molar-refractivity contribution < 1.29 is 19.1 Å². The van der Waals surface area contributed by atoms with E-state index in [9.17, 15) is 14.4 Å². The molecule has 1 heterocycles. The molecule has 0 radical (unpaired) electrons. The van der Waals surface area contributed by atoms with Crippen LogP contribution in [0.15, 0.2) is 21.5 Å². The molecule has 0 bridgehead atoms. The van der Waals surface area contributed by atoms with Gasteiger partial charge in [0, 0.05) is 17.7 Å². The number of aromatic nitrogens is 1. The number of ether oxygens (including phenoxy) is 2. The first-order chi connectivity index (χ1) is 12.8. The molecule has 8 heteroatoms. The minimum Gasteiger partial charge on any atom is -0.443 e. The molecule has 0 aliphatic heterocycles. The molecule has 1 saturated carbocycles. The summed E-state index contributed by atoms with van der Waals surface area (Å²) < 4.78 is 12.8. The van der Waals surface area contributed by atoms with Gasteiger partial charge in [-0.15, -0.1) is 0 Å². The average Bonchev–Trinajstić information content (AvgIpc) is 3.32. The fourth-order valence-corrected chi connectivity index (χ4v) is 3.21. The Kier molecular flexibility index (Phi) is 6.63. The van der Waals surface area contributed by atoms with Gasteiger partial charge >= 0.3 is 12.2 Å². The summed E-state index contributed by atoms with van der Waals surface area (Å²) >= 11 is 3.29. The molecule has 1 aliphatic rings. The lowest BCUT2D eigenvalue weighted by Gasteiger charge is -2.30. The molecule has 0 N–H and O–H groups in total. The van der Waals surface area contributed by atoms with Crippen LogP contribution in [-0.2, 0) is 16.5 Å². The van der Waals surface area contributed by atoms with E-state index in [1.165, 1.54) is 30.5 Å². The first kappa shape index (κ1) is 22.5. The monoisotopic (exact) mass is 456 g/mol. The van der Waals surface area contributed by atoms with Crippen molar-refractivity contribution in [2.24, 2.45) is 13.0 Å². The van der Waals surface area contributed by atoms with Crippen LogP contribution < -0.4 is 10.5 Å². The number of halogens is 1. The number of aryl methyl sites for hydroxylation is 1. The summed E-state index contributed by atoms with van der Waals surface area (Å²) in [5, 5.41) is 0. The van der Waals surface area contributed by atoms with Crippen LogP contribution in [0, 0.1) is 5.92 Å². The van der Waals surface area contributed by atoms with E-state index < -0.39 is 28.9 Å². The van der Waals surface area contributed by atoms with Gasteiger partial charge in [0.2, 0.25) is 0 Å². The SMILES string of the molecule is Cn1cc(Br)cc(N(C(=O)OC(C)(C)C)C(=O)OC(C)(C)CCC2CC2)c1=O. The highest BCUT2D eigenvalue weighted by Gasteiger charge is 2.36. The minimum atomic E-state index is -0.953. The van der Waals surface area contributed by atoms with Gasteiger partial charge in [-0.3, -0.25) is 4.79 Å². The number of carbonyl (C=O) groups excluding carboxylic acids is 2. The molecule has 1 aliphatic carbocycles. The van der Waals surface area contributed by atoms with Gasteiger partial charge in [0.05, 0.1) is 0 Å². The van der Waals surface area contributed by atoms with Gasteiger partial charge in [-0.05, 0) is 75.4 Å². The molecular formula is C20H29BrN2O5. The largest absolute Gasteiger partial charge is 0.443 e. The maximum absolute atomic E-state index is 13.0. The number of imide groups is 1. The summed E-state index contributed by atoms with van der Waals surface area (Å²) in [7, 11) is 1.54. The summed E-state index contributed by atoms with van der Waals surface area (Å²) in [6.07, 6.45) is 3.73. The second-order valence-electron chi connectivity index (χ2n) is 8.89. The molecule has 1 aromatic rings. The zero-order valence-corrected chi connectivity index (χ0v) is 19.0. The summed E-state index contributed by atoms with van der Waals surface area (Å²) in [6, 6.07) is 1.41. The van der Waals surface area contributed by atoms with Crippen LogP contribution in [0.5, 0.6) is 0 Å². The number of hydrogen-bond acceptors (Lipinski definition) is 5. The van der Waals surface area contributed by atoms with Gasteiger partial charge in [0.15, 0.2) is 0 Å². The van der Waals surface area contributed by atoms with E-state index in [1.807, 2.05) is 0 Å². The van der Waals surface area contributed by atoms with Gasteiger partial charge in [-0.2, -0.15) is 4.90 Å². The fourth-order valence-electron chi connectivity index (χ4n) is 2.68. The number of pyridine rings is 1. The van der Waals surface area contributed by atoms with E-state index in [1.54, 1.807) is 40.8 Å². The zero-order chi connectivity index (χ0) is 21.3. The molecule has 1 aromatic heterocycles. The van der Waals surface area contributed by atoms with Crippen LogP contribution in [0.3, 0.4) is 0 Å². The molecule has 0 aromatic carbocycles. The predicted octanol–water partition coefficient (Wildman–Crippen LogP) is 4.99. The van der Waals surface area contributed by atoms with Crippen molar-refractivity contribution in [2.45, 2.75) is 71.5 Å². The van der Waals surface area contributed by atoms with E-state index in [0.717, 1.165) is 6.42 Å². The van der Waals surface area contributed by atoms with Crippen LogP contribution in [0.4, 0.5) is 15.3 Å². The molecule has 1 fully saturated rings. The molecule has 28 heavy (non-hydrogen) atoms. The molecule has 0 atom stereocenters. The maximum atomic E-state index is 13.0. The van der Waals surface area contributed by atoms with Crippen molar-refractivity contribution in [3.05, 3.63) is 27.1 Å². The maximum Gasteiger partial charge on any atom is 0.424 e. The van der Waals surface area contributed by atoms with Gasteiger partial charge in [0.1, 0.15) is 16.9 Å². The molecule has 156 valence electrons. The quantitative estimate of drug-likeness (QED) is 0.622. The molecule has 2 amide bonds. The number of carbonyl (C=O) groups is 2. The van der Waals surface area contributed by atoms with Crippen molar-refractivity contribution in [2.75, 3.05) is 4.90 Å². The lowest BCUT2D eigenvalue weighted by molar-refractivity contribution is 0.0285. The van der Waals surface area contributed by atoms with Gasteiger partial charge in [-0.25, -0.2) is 9.59 Å². The van der Waals surface area contributed by atoms with Crippen LogP contribution in [0.1, 0.15) is 60.3 Å². The number of nitrogens with zero attached hydrogens (tertiary/aromatic N) is 2. The second-order valence-corrected chi connectivity index (χ2v) is 9.80. The van der Waals surface area contributed by atoms with Crippen molar-refractivity contribution in [1.29, 1.82) is 0 Å². The summed E-state index contributed by atoms with van der Waals surface area (Å²) in [5.74, 6) is 0.692.